The number of rotatable bonds is 1. The highest BCUT2D eigenvalue weighted by Gasteiger charge is 2.15. The average Bonchev–Trinajstić information content (AvgIpc) is 2.85. The average molecular weight is 344 g/mol. The van der Waals surface area contributed by atoms with Crippen LogP contribution in [-0.4, -0.2) is 9.55 Å². The molecule has 0 saturated carbocycles. The van der Waals surface area contributed by atoms with Gasteiger partial charge in [-0.25, -0.2) is 9.37 Å². The van der Waals surface area contributed by atoms with E-state index in [1.807, 2.05) is 32.0 Å². The van der Waals surface area contributed by atoms with Gasteiger partial charge in [0.2, 0.25) is 0 Å². The molecule has 0 radical (unpaired) electrons. The van der Waals surface area contributed by atoms with Crippen molar-refractivity contribution in [3.8, 4) is 11.8 Å². The summed E-state index contributed by atoms with van der Waals surface area (Å²) in [6.07, 6.45) is 1.60. The van der Waals surface area contributed by atoms with Crippen molar-refractivity contribution >= 4 is 27.0 Å². The van der Waals surface area contributed by atoms with Gasteiger partial charge in [-0.3, -0.25) is 4.57 Å². The molecule has 0 N–H and O–H groups in total. The topological polar surface area (TPSA) is 41.6 Å². The largest absolute Gasteiger partial charge is 0.296 e. The maximum absolute atomic E-state index is 14.5. The van der Waals surface area contributed by atoms with Crippen molar-refractivity contribution in [3.05, 3.63) is 57.6 Å². The van der Waals surface area contributed by atoms with Crippen molar-refractivity contribution in [2.75, 3.05) is 0 Å². The molecule has 0 bridgehead atoms. The summed E-state index contributed by atoms with van der Waals surface area (Å²) in [6, 6.07) is 9.11. The van der Waals surface area contributed by atoms with Gasteiger partial charge in [-0.15, -0.1) is 0 Å². The van der Waals surface area contributed by atoms with Crippen LogP contribution in [0.2, 0.25) is 0 Å². The fraction of sp³-hybridized carbons (Fsp3) is 0.125. The lowest BCUT2D eigenvalue weighted by Crippen LogP contribution is -1.99. The Hall–Kier alpha value is -2.19. The molecule has 0 atom stereocenters. The van der Waals surface area contributed by atoms with Crippen molar-refractivity contribution < 1.29 is 4.39 Å². The summed E-state index contributed by atoms with van der Waals surface area (Å²) < 4.78 is 16.3. The van der Waals surface area contributed by atoms with Crippen molar-refractivity contribution in [2.45, 2.75) is 13.8 Å². The SMILES string of the molecule is Cc1cc2ncn(-c3ccc(C#N)c(Br)c3F)c2cc1C. The van der Waals surface area contributed by atoms with Crippen LogP contribution in [0.15, 0.2) is 35.1 Å². The predicted octanol–water partition coefficient (Wildman–Crippen LogP) is 4.42. The van der Waals surface area contributed by atoms with Crippen LogP contribution in [0.4, 0.5) is 4.39 Å². The molecule has 5 heteroatoms. The third kappa shape index (κ3) is 2.12. The van der Waals surface area contributed by atoms with E-state index in [0.29, 0.717) is 5.69 Å². The van der Waals surface area contributed by atoms with E-state index in [-0.39, 0.29) is 10.0 Å². The van der Waals surface area contributed by atoms with Crippen molar-refractivity contribution in [3.63, 3.8) is 0 Å². The van der Waals surface area contributed by atoms with Crippen LogP contribution in [0.25, 0.3) is 16.7 Å². The van der Waals surface area contributed by atoms with Gasteiger partial charge in [-0.2, -0.15) is 5.26 Å². The van der Waals surface area contributed by atoms with Gasteiger partial charge < -0.3 is 0 Å². The molecule has 1 heterocycles. The summed E-state index contributed by atoms with van der Waals surface area (Å²) in [5.41, 5.74) is 4.57. The molecule has 104 valence electrons. The Balaban J connectivity index is 2.29. The lowest BCUT2D eigenvalue weighted by atomic mass is 10.1. The summed E-state index contributed by atoms with van der Waals surface area (Å²) in [6.45, 7) is 4.03. The standard InChI is InChI=1S/C16H11BrFN3/c1-9-5-12-14(6-10(9)2)21(8-20-12)13-4-3-11(7-19)15(17)16(13)18/h3-6,8H,1-2H3. The van der Waals surface area contributed by atoms with E-state index in [4.69, 9.17) is 5.26 Å². The minimum atomic E-state index is -0.466. The number of imidazole rings is 1. The summed E-state index contributed by atoms with van der Waals surface area (Å²) >= 11 is 3.14. The van der Waals surface area contributed by atoms with Crippen molar-refractivity contribution in [1.82, 2.24) is 9.55 Å². The number of hydrogen-bond donors (Lipinski definition) is 0. The molecule has 0 saturated heterocycles. The molecule has 0 spiro atoms. The summed E-state index contributed by atoms with van der Waals surface area (Å²) in [5, 5.41) is 8.94. The zero-order valence-corrected chi connectivity index (χ0v) is 13.1. The van der Waals surface area contributed by atoms with Crippen LogP contribution in [0.5, 0.6) is 0 Å². The Labute approximate surface area is 129 Å². The normalized spacial score (nSPS) is 10.8. The van der Waals surface area contributed by atoms with Gasteiger partial charge in [-0.05, 0) is 65.2 Å². The second-order valence-electron chi connectivity index (χ2n) is 4.91. The lowest BCUT2D eigenvalue weighted by Gasteiger charge is -2.09. The highest BCUT2D eigenvalue weighted by molar-refractivity contribution is 9.10. The minimum absolute atomic E-state index is 0.174. The number of benzene rings is 2. The maximum Gasteiger partial charge on any atom is 0.162 e. The number of fused-ring (bicyclic) bond motifs is 1. The summed E-state index contributed by atoms with van der Waals surface area (Å²) in [7, 11) is 0. The van der Waals surface area contributed by atoms with Gasteiger partial charge in [0.15, 0.2) is 5.82 Å². The first kappa shape index (κ1) is 13.8. The molecular formula is C16H11BrFN3. The fourth-order valence-corrected chi connectivity index (χ4v) is 2.69. The first-order chi connectivity index (χ1) is 10.0. The van der Waals surface area contributed by atoms with Crippen molar-refractivity contribution in [1.29, 1.82) is 5.26 Å². The number of aryl methyl sites for hydroxylation is 2. The lowest BCUT2D eigenvalue weighted by molar-refractivity contribution is 0.612. The van der Waals surface area contributed by atoms with E-state index in [9.17, 15) is 4.39 Å². The molecule has 21 heavy (non-hydrogen) atoms. The van der Waals surface area contributed by atoms with Crippen LogP contribution in [0, 0.1) is 31.0 Å². The van der Waals surface area contributed by atoms with E-state index in [1.165, 1.54) is 0 Å². The molecule has 3 rings (SSSR count). The Kier molecular flexibility index (Phi) is 3.26. The molecular weight excluding hydrogens is 333 g/mol. The van der Waals surface area contributed by atoms with Gasteiger partial charge in [0.05, 0.1) is 26.8 Å². The molecule has 0 aliphatic carbocycles. The number of hydrogen-bond acceptors (Lipinski definition) is 2. The highest BCUT2D eigenvalue weighted by Crippen LogP contribution is 2.28. The molecule has 1 aromatic heterocycles. The van der Waals surface area contributed by atoms with Crippen LogP contribution in [-0.2, 0) is 0 Å². The number of aromatic nitrogens is 2. The van der Waals surface area contributed by atoms with E-state index >= 15 is 0 Å². The Morgan fingerprint density at radius 3 is 2.67 bits per heavy atom. The van der Waals surface area contributed by atoms with E-state index in [1.54, 1.807) is 23.0 Å². The van der Waals surface area contributed by atoms with E-state index < -0.39 is 5.82 Å². The van der Waals surface area contributed by atoms with Crippen molar-refractivity contribution in [2.24, 2.45) is 0 Å². The Morgan fingerprint density at radius 1 is 1.24 bits per heavy atom. The first-order valence-corrected chi connectivity index (χ1v) is 7.15. The van der Waals surface area contributed by atoms with Gasteiger partial charge in [0.25, 0.3) is 0 Å². The second kappa shape index (κ2) is 4.97. The van der Waals surface area contributed by atoms with E-state index in [2.05, 4.69) is 20.9 Å². The maximum atomic E-state index is 14.5. The smallest absolute Gasteiger partial charge is 0.162 e. The van der Waals surface area contributed by atoms with Crippen LogP contribution < -0.4 is 0 Å². The van der Waals surface area contributed by atoms with Crippen LogP contribution in [0.1, 0.15) is 16.7 Å². The van der Waals surface area contributed by atoms with Gasteiger partial charge >= 0.3 is 0 Å². The van der Waals surface area contributed by atoms with Gasteiger partial charge in [-0.1, -0.05) is 0 Å². The molecule has 3 aromatic rings. The summed E-state index contributed by atoms with van der Waals surface area (Å²) in [5.74, 6) is -0.466. The molecule has 0 amide bonds. The molecule has 0 fully saturated rings. The van der Waals surface area contributed by atoms with Crippen LogP contribution >= 0.6 is 15.9 Å². The van der Waals surface area contributed by atoms with Gasteiger partial charge in [0, 0.05) is 0 Å². The first-order valence-electron chi connectivity index (χ1n) is 6.35. The monoisotopic (exact) mass is 343 g/mol. The molecule has 2 aromatic carbocycles. The summed E-state index contributed by atoms with van der Waals surface area (Å²) in [4.78, 5) is 4.33. The quantitative estimate of drug-likeness (QED) is 0.656. The Bertz CT molecular complexity index is 906. The molecule has 0 unspecified atom stereocenters. The zero-order chi connectivity index (χ0) is 15.1. The Morgan fingerprint density at radius 2 is 1.95 bits per heavy atom. The van der Waals surface area contributed by atoms with Gasteiger partial charge in [0.1, 0.15) is 12.4 Å². The molecule has 3 nitrogen and oxygen atoms in total. The third-order valence-corrected chi connectivity index (χ3v) is 4.38. The van der Waals surface area contributed by atoms with Crippen LogP contribution in [0.3, 0.4) is 0 Å². The zero-order valence-electron chi connectivity index (χ0n) is 11.5. The number of halogens is 2. The predicted molar refractivity (Wildman–Crippen MR) is 82.9 cm³/mol. The van der Waals surface area contributed by atoms with E-state index in [0.717, 1.165) is 22.2 Å². The third-order valence-electron chi connectivity index (χ3n) is 3.60. The number of nitrogens with zero attached hydrogens (tertiary/aromatic N) is 3. The highest BCUT2D eigenvalue weighted by atomic mass is 79.9. The minimum Gasteiger partial charge on any atom is -0.296 e. The molecule has 0 aliphatic rings. The number of nitriles is 1. The second-order valence-corrected chi connectivity index (χ2v) is 5.70. The molecule has 0 aliphatic heterocycles. The fourth-order valence-electron chi connectivity index (χ4n) is 2.27.